The van der Waals surface area contributed by atoms with Crippen molar-refractivity contribution in [2.75, 3.05) is 6.61 Å². The molecular weight excluding hydrogens is 308 g/mol. The Kier molecular flexibility index (Phi) is 5.08. The minimum absolute atomic E-state index is 0.0799. The van der Waals surface area contributed by atoms with Crippen LogP contribution in [0.2, 0.25) is 0 Å². The lowest BCUT2D eigenvalue weighted by Gasteiger charge is -2.57. The maximum atomic E-state index is 6.33. The molecule has 0 radical (unpaired) electrons. The third-order valence-corrected chi connectivity index (χ3v) is 6.87. The minimum atomic E-state index is -0.0799. The number of hydrogen-bond acceptors (Lipinski definition) is 2. The van der Waals surface area contributed by atoms with Crippen LogP contribution in [0.4, 0.5) is 0 Å². The monoisotopic (exact) mass is 342 g/mol. The molecule has 0 spiro atoms. The van der Waals surface area contributed by atoms with Crippen LogP contribution in [-0.2, 0) is 11.2 Å². The molecule has 5 rings (SSSR count). The number of ether oxygens (including phenoxy) is 2. The van der Waals surface area contributed by atoms with Gasteiger partial charge in [-0.15, -0.1) is 0 Å². The Balaban J connectivity index is 1.45. The third-order valence-electron chi connectivity index (χ3n) is 6.87. The summed E-state index contributed by atoms with van der Waals surface area (Å²) in [5, 5.41) is 0. The molecule has 138 valence electrons. The molecule has 2 heteroatoms. The van der Waals surface area contributed by atoms with Crippen LogP contribution in [0.1, 0.15) is 70.8 Å². The molecule has 1 atom stereocenters. The van der Waals surface area contributed by atoms with E-state index in [0.29, 0.717) is 5.41 Å². The van der Waals surface area contributed by atoms with Gasteiger partial charge in [0.05, 0.1) is 6.61 Å². The summed E-state index contributed by atoms with van der Waals surface area (Å²) in [5.41, 5.74) is 1.86. The van der Waals surface area contributed by atoms with Crippen molar-refractivity contribution in [2.45, 2.75) is 77.9 Å². The fourth-order valence-electron chi connectivity index (χ4n) is 6.23. The highest BCUT2D eigenvalue weighted by atomic mass is 16.7. The highest BCUT2D eigenvalue weighted by Gasteiger charge is 2.51. The zero-order valence-corrected chi connectivity index (χ0v) is 16.0. The Bertz CT molecular complexity index is 527. The van der Waals surface area contributed by atoms with E-state index in [4.69, 9.17) is 9.47 Å². The third kappa shape index (κ3) is 3.89. The van der Waals surface area contributed by atoms with Crippen molar-refractivity contribution in [1.29, 1.82) is 0 Å². The molecule has 25 heavy (non-hydrogen) atoms. The van der Waals surface area contributed by atoms with Crippen molar-refractivity contribution in [3.05, 3.63) is 29.8 Å². The quantitative estimate of drug-likeness (QED) is 0.540. The van der Waals surface area contributed by atoms with Crippen molar-refractivity contribution in [2.24, 2.45) is 23.2 Å². The molecule has 0 amide bonds. The lowest BCUT2D eigenvalue weighted by molar-refractivity contribution is -0.142. The second-order valence-corrected chi connectivity index (χ2v) is 9.04. The summed E-state index contributed by atoms with van der Waals surface area (Å²) in [6.07, 6.45) is 11.9. The van der Waals surface area contributed by atoms with E-state index in [-0.39, 0.29) is 6.29 Å². The van der Waals surface area contributed by atoms with Gasteiger partial charge >= 0.3 is 0 Å². The number of benzene rings is 1. The van der Waals surface area contributed by atoms with E-state index < -0.39 is 0 Å². The molecule has 1 aromatic carbocycles. The predicted octanol–water partition coefficient (Wildman–Crippen LogP) is 5.99. The van der Waals surface area contributed by atoms with Gasteiger partial charge in [0.1, 0.15) is 5.75 Å². The van der Waals surface area contributed by atoms with Gasteiger partial charge in [0, 0.05) is 6.42 Å². The van der Waals surface area contributed by atoms with Gasteiger partial charge in [0.2, 0.25) is 0 Å². The second kappa shape index (κ2) is 7.31. The maximum absolute atomic E-state index is 6.33. The molecule has 0 aliphatic heterocycles. The largest absolute Gasteiger partial charge is 0.465 e. The van der Waals surface area contributed by atoms with Gasteiger partial charge < -0.3 is 9.47 Å². The van der Waals surface area contributed by atoms with E-state index in [1.54, 1.807) is 0 Å². The van der Waals surface area contributed by atoms with Gasteiger partial charge in [-0.25, -0.2) is 0 Å². The molecule has 0 heterocycles. The van der Waals surface area contributed by atoms with Gasteiger partial charge in [0.25, 0.3) is 0 Å². The van der Waals surface area contributed by atoms with Crippen molar-refractivity contribution in [3.8, 4) is 5.75 Å². The molecule has 2 nitrogen and oxygen atoms in total. The van der Waals surface area contributed by atoms with E-state index in [2.05, 4.69) is 38.1 Å². The molecule has 0 saturated heterocycles. The molecule has 1 unspecified atom stereocenters. The topological polar surface area (TPSA) is 18.5 Å². The average molecular weight is 343 g/mol. The number of rotatable bonds is 8. The molecule has 1 aromatic rings. The summed E-state index contributed by atoms with van der Waals surface area (Å²) in [6, 6.07) is 8.58. The normalized spacial score (nSPS) is 34.2. The fraction of sp³-hybridized carbons (Fsp3) is 0.739. The molecule has 4 bridgehead atoms. The van der Waals surface area contributed by atoms with Crippen LogP contribution >= 0.6 is 0 Å². The van der Waals surface area contributed by atoms with Crippen LogP contribution in [0.15, 0.2) is 24.3 Å². The van der Waals surface area contributed by atoms with E-state index in [1.807, 2.05) is 0 Å². The fourth-order valence-corrected chi connectivity index (χ4v) is 6.23. The molecule has 4 saturated carbocycles. The Morgan fingerprint density at radius 3 is 2.08 bits per heavy atom. The Labute approximate surface area is 153 Å². The van der Waals surface area contributed by atoms with E-state index >= 15 is 0 Å². The van der Waals surface area contributed by atoms with Crippen LogP contribution in [0.5, 0.6) is 5.75 Å². The SMILES string of the molecule is CCCOC(CC12CC3CC(CC(C3)C1)C2)Oc1ccc(CC)cc1. The summed E-state index contributed by atoms with van der Waals surface area (Å²) in [4.78, 5) is 0. The average Bonchev–Trinajstić information content (AvgIpc) is 2.59. The van der Waals surface area contributed by atoms with Crippen molar-refractivity contribution < 1.29 is 9.47 Å². The predicted molar refractivity (Wildman–Crippen MR) is 102 cm³/mol. The maximum Gasteiger partial charge on any atom is 0.200 e. The summed E-state index contributed by atoms with van der Waals surface area (Å²) < 4.78 is 12.5. The molecule has 0 N–H and O–H groups in total. The Hall–Kier alpha value is -1.02. The van der Waals surface area contributed by atoms with Gasteiger partial charge in [-0.1, -0.05) is 26.0 Å². The summed E-state index contributed by atoms with van der Waals surface area (Å²) in [7, 11) is 0. The molecule has 0 aromatic heterocycles. The Morgan fingerprint density at radius 1 is 0.960 bits per heavy atom. The summed E-state index contributed by atoms with van der Waals surface area (Å²) >= 11 is 0. The first-order chi connectivity index (χ1) is 12.2. The van der Waals surface area contributed by atoms with E-state index in [0.717, 1.165) is 49.4 Å². The lowest BCUT2D eigenvalue weighted by atomic mass is 9.49. The molecular formula is C23H34O2. The van der Waals surface area contributed by atoms with Crippen LogP contribution in [-0.4, -0.2) is 12.9 Å². The first-order valence-electron chi connectivity index (χ1n) is 10.6. The van der Waals surface area contributed by atoms with Gasteiger partial charge in [0.15, 0.2) is 6.29 Å². The summed E-state index contributed by atoms with van der Waals surface area (Å²) in [5.74, 6) is 3.92. The van der Waals surface area contributed by atoms with Crippen LogP contribution in [0.25, 0.3) is 0 Å². The smallest absolute Gasteiger partial charge is 0.200 e. The minimum Gasteiger partial charge on any atom is -0.465 e. The van der Waals surface area contributed by atoms with Gasteiger partial charge in [-0.2, -0.15) is 0 Å². The van der Waals surface area contributed by atoms with Gasteiger partial charge in [-0.3, -0.25) is 0 Å². The molecule has 4 aliphatic carbocycles. The van der Waals surface area contributed by atoms with E-state index in [9.17, 15) is 0 Å². The van der Waals surface area contributed by atoms with Gasteiger partial charge in [-0.05, 0) is 92.2 Å². The molecule has 4 fully saturated rings. The first kappa shape index (κ1) is 17.4. The summed E-state index contributed by atoms with van der Waals surface area (Å²) in [6.45, 7) is 5.16. The second-order valence-electron chi connectivity index (χ2n) is 9.04. The highest BCUT2D eigenvalue weighted by molar-refractivity contribution is 5.27. The highest BCUT2D eigenvalue weighted by Crippen LogP contribution is 2.61. The van der Waals surface area contributed by atoms with Crippen LogP contribution in [0.3, 0.4) is 0 Å². The zero-order valence-electron chi connectivity index (χ0n) is 16.0. The van der Waals surface area contributed by atoms with Crippen LogP contribution in [0, 0.1) is 23.2 Å². The Morgan fingerprint density at radius 2 is 1.56 bits per heavy atom. The first-order valence-corrected chi connectivity index (χ1v) is 10.6. The number of hydrogen-bond donors (Lipinski definition) is 0. The zero-order chi connectivity index (χ0) is 17.3. The number of aryl methyl sites for hydroxylation is 1. The van der Waals surface area contributed by atoms with Crippen LogP contribution < -0.4 is 4.74 Å². The molecule has 4 aliphatic rings. The standard InChI is InChI=1S/C23H34O2/c1-3-9-24-22(25-21-7-5-17(4-2)6-8-21)16-23-13-18-10-19(14-23)12-20(11-18)15-23/h5-8,18-20,22H,3-4,9-16H2,1-2H3. The van der Waals surface area contributed by atoms with Crippen molar-refractivity contribution >= 4 is 0 Å². The lowest BCUT2D eigenvalue weighted by Crippen LogP contribution is -2.48. The van der Waals surface area contributed by atoms with Crippen molar-refractivity contribution in [1.82, 2.24) is 0 Å². The van der Waals surface area contributed by atoms with Crippen molar-refractivity contribution in [3.63, 3.8) is 0 Å². The van der Waals surface area contributed by atoms with E-state index in [1.165, 1.54) is 44.1 Å².